The summed E-state index contributed by atoms with van der Waals surface area (Å²) in [5, 5.41) is 18.5. The van der Waals surface area contributed by atoms with E-state index in [2.05, 4.69) is 0 Å². The van der Waals surface area contributed by atoms with Gasteiger partial charge in [0.05, 0.1) is 0 Å². The van der Waals surface area contributed by atoms with Crippen LogP contribution < -0.4 is 0 Å². The monoisotopic (exact) mass is 249 g/mol. The minimum atomic E-state index is -0.969. The van der Waals surface area contributed by atoms with E-state index >= 15 is 0 Å². The molecule has 1 atom stereocenters. The van der Waals surface area contributed by atoms with Gasteiger partial charge in [-0.15, -0.1) is 0 Å². The molecule has 5 heteroatoms. The lowest BCUT2D eigenvalue weighted by Crippen LogP contribution is -2.47. The first-order valence-corrected chi connectivity index (χ1v) is 5.92. The third kappa shape index (κ3) is 2.45. The zero-order valence-corrected chi connectivity index (χ0v) is 9.87. The van der Waals surface area contributed by atoms with Crippen LogP contribution in [0.2, 0.25) is 0 Å². The number of rotatable bonds is 2. The summed E-state index contributed by atoms with van der Waals surface area (Å²) in [6.07, 6.45) is 2.12. The highest BCUT2D eigenvalue weighted by Crippen LogP contribution is 2.21. The molecule has 1 heterocycles. The Morgan fingerprint density at radius 3 is 2.72 bits per heavy atom. The lowest BCUT2D eigenvalue weighted by molar-refractivity contribution is -0.143. The molecule has 2 rings (SSSR count). The summed E-state index contributed by atoms with van der Waals surface area (Å²) in [5.74, 6) is -1.30. The molecule has 1 fully saturated rings. The molecule has 0 aromatic heterocycles. The molecule has 0 bridgehead atoms. The van der Waals surface area contributed by atoms with Crippen LogP contribution in [0.25, 0.3) is 0 Å². The standard InChI is InChI=1S/C13H15NO4/c15-10-5-3-4-9(8-10)12(16)14-7-2-1-6-11(14)13(17)18/h3-5,8,11,15H,1-2,6-7H2,(H,17,18)/t11-/m1/s1. The zero-order valence-electron chi connectivity index (χ0n) is 9.87. The van der Waals surface area contributed by atoms with Gasteiger partial charge in [-0.3, -0.25) is 4.79 Å². The van der Waals surface area contributed by atoms with Crippen LogP contribution in [0.1, 0.15) is 29.6 Å². The number of carbonyl (C=O) groups is 2. The van der Waals surface area contributed by atoms with Gasteiger partial charge in [0.15, 0.2) is 0 Å². The Labute approximate surface area is 105 Å². The topological polar surface area (TPSA) is 77.8 Å². The van der Waals surface area contributed by atoms with Crippen LogP contribution in [0, 0.1) is 0 Å². The molecule has 0 saturated carbocycles. The number of hydrogen-bond acceptors (Lipinski definition) is 3. The number of carbonyl (C=O) groups excluding carboxylic acids is 1. The van der Waals surface area contributed by atoms with Crippen molar-refractivity contribution in [3.05, 3.63) is 29.8 Å². The molecule has 5 nitrogen and oxygen atoms in total. The average Bonchev–Trinajstić information content (AvgIpc) is 2.38. The molecule has 1 aromatic rings. The maximum atomic E-state index is 12.2. The van der Waals surface area contributed by atoms with Crippen LogP contribution in [0.5, 0.6) is 5.75 Å². The summed E-state index contributed by atoms with van der Waals surface area (Å²) in [7, 11) is 0. The third-order valence-electron chi connectivity index (χ3n) is 3.14. The molecule has 1 saturated heterocycles. The van der Waals surface area contributed by atoms with Gasteiger partial charge >= 0.3 is 5.97 Å². The number of phenols is 1. The number of carboxylic acid groups (broad SMARTS) is 1. The second-order valence-electron chi connectivity index (χ2n) is 4.40. The predicted molar refractivity (Wildman–Crippen MR) is 64.4 cm³/mol. The number of nitrogens with zero attached hydrogens (tertiary/aromatic N) is 1. The number of carboxylic acids is 1. The smallest absolute Gasteiger partial charge is 0.326 e. The lowest BCUT2D eigenvalue weighted by Gasteiger charge is -2.33. The predicted octanol–water partition coefficient (Wildman–Crippen LogP) is 1.47. The molecule has 0 spiro atoms. The molecule has 0 aliphatic carbocycles. The van der Waals surface area contributed by atoms with Crippen molar-refractivity contribution in [2.24, 2.45) is 0 Å². The van der Waals surface area contributed by atoms with E-state index < -0.39 is 12.0 Å². The van der Waals surface area contributed by atoms with E-state index in [0.717, 1.165) is 12.8 Å². The number of hydrogen-bond donors (Lipinski definition) is 2. The average molecular weight is 249 g/mol. The Balaban J connectivity index is 2.23. The van der Waals surface area contributed by atoms with Crippen LogP contribution in [-0.4, -0.2) is 39.6 Å². The van der Waals surface area contributed by atoms with E-state index in [1.165, 1.54) is 17.0 Å². The van der Waals surface area contributed by atoms with Crippen molar-refractivity contribution in [2.45, 2.75) is 25.3 Å². The number of piperidine rings is 1. The van der Waals surface area contributed by atoms with Crippen molar-refractivity contribution in [3.8, 4) is 5.75 Å². The molecule has 0 radical (unpaired) electrons. The van der Waals surface area contributed by atoms with E-state index in [1.54, 1.807) is 12.1 Å². The van der Waals surface area contributed by atoms with Gasteiger partial charge in [-0.25, -0.2) is 4.79 Å². The quantitative estimate of drug-likeness (QED) is 0.832. The number of benzene rings is 1. The van der Waals surface area contributed by atoms with Crippen molar-refractivity contribution in [1.82, 2.24) is 4.90 Å². The maximum absolute atomic E-state index is 12.2. The highest BCUT2D eigenvalue weighted by atomic mass is 16.4. The van der Waals surface area contributed by atoms with Gasteiger partial charge in [0.1, 0.15) is 11.8 Å². The van der Waals surface area contributed by atoms with Gasteiger partial charge in [-0.2, -0.15) is 0 Å². The molecule has 96 valence electrons. The van der Waals surface area contributed by atoms with Gasteiger partial charge in [-0.1, -0.05) is 6.07 Å². The normalized spacial score (nSPS) is 19.6. The van der Waals surface area contributed by atoms with Crippen LogP contribution in [0.4, 0.5) is 0 Å². The van der Waals surface area contributed by atoms with Gasteiger partial charge in [0.2, 0.25) is 0 Å². The molecule has 1 amide bonds. The first-order chi connectivity index (χ1) is 8.59. The van der Waals surface area contributed by atoms with E-state index in [-0.39, 0.29) is 11.7 Å². The van der Waals surface area contributed by atoms with Gasteiger partial charge in [0, 0.05) is 12.1 Å². The molecular formula is C13H15NO4. The Bertz CT molecular complexity index is 472. The summed E-state index contributed by atoms with van der Waals surface area (Å²) in [4.78, 5) is 24.7. The summed E-state index contributed by atoms with van der Waals surface area (Å²) in [6.45, 7) is 0.450. The van der Waals surface area contributed by atoms with Crippen molar-refractivity contribution in [1.29, 1.82) is 0 Å². The third-order valence-corrected chi connectivity index (χ3v) is 3.14. The SMILES string of the molecule is O=C(O)[C@H]1CCCCN1C(=O)c1cccc(O)c1. The minimum absolute atomic E-state index is 0.00438. The van der Waals surface area contributed by atoms with Crippen LogP contribution >= 0.6 is 0 Å². The van der Waals surface area contributed by atoms with Crippen LogP contribution in [-0.2, 0) is 4.79 Å². The van der Waals surface area contributed by atoms with Crippen molar-refractivity contribution < 1.29 is 19.8 Å². The summed E-state index contributed by atoms with van der Waals surface area (Å²) in [5.41, 5.74) is 0.322. The number of likely N-dealkylation sites (tertiary alicyclic amines) is 1. The Morgan fingerprint density at radius 2 is 2.06 bits per heavy atom. The van der Waals surface area contributed by atoms with Crippen LogP contribution in [0.15, 0.2) is 24.3 Å². The summed E-state index contributed by atoms with van der Waals surface area (Å²) >= 11 is 0. The van der Waals surface area contributed by atoms with Gasteiger partial charge < -0.3 is 15.1 Å². The second-order valence-corrected chi connectivity index (χ2v) is 4.40. The van der Waals surface area contributed by atoms with E-state index in [1.807, 2.05) is 0 Å². The number of aliphatic carboxylic acids is 1. The fourth-order valence-electron chi connectivity index (χ4n) is 2.24. The van der Waals surface area contributed by atoms with Gasteiger partial charge in [0.25, 0.3) is 5.91 Å². The van der Waals surface area contributed by atoms with E-state index in [0.29, 0.717) is 18.5 Å². The van der Waals surface area contributed by atoms with Gasteiger partial charge in [-0.05, 0) is 37.5 Å². The first-order valence-electron chi connectivity index (χ1n) is 5.92. The largest absolute Gasteiger partial charge is 0.508 e. The Hall–Kier alpha value is -2.04. The maximum Gasteiger partial charge on any atom is 0.326 e. The second kappa shape index (κ2) is 5.08. The number of aromatic hydroxyl groups is 1. The van der Waals surface area contributed by atoms with Crippen molar-refractivity contribution in [2.75, 3.05) is 6.54 Å². The number of phenolic OH excluding ortho intramolecular Hbond substituents is 1. The van der Waals surface area contributed by atoms with E-state index in [4.69, 9.17) is 5.11 Å². The van der Waals surface area contributed by atoms with Crippen LogP contribution in [0.3, 0.4) is 0 Å². The Morgan fingerprint density at radius 1 is 1.28 bits per heavy atom. The fraction of sp³-hybridized carbons (Fsp3) is 0.385. The molecule has 1 aromatic carbocycles. The summed E-state index contributed by atoms with van der Waals surface area (Å²) in [6, 6.07) is 5.23. The fourth-order valence-corrected chi connectivity index (χ4v) is 2.24. The zero-order chi connectivity index (χ0) is 13.1. The molecule has 1 aliphatic heterocycles. The summed E-state index contributed by atoms with van der Waals surface area (Å²) < 4.78 is 0. The Kier molecular flexibility index (Phi) is 3.50. The molecule has 1 aliphatic rings. The number of amides is 1. The van der Waals surface area contributed by atoms with Crippen molar-refractivity contribution >= 4 is 11.9 Å². The highest BCUT2D eigenvalue weighted by Gasteiger charge is 2.32. The molecule has 18 heavy (non-hydrogen) atoms. The molecule has 2 N–H and O–H groups in total. The molecule has 0 unspecified atom stereocenters. The minimum Gasteiger partial charge on any atom is -0.508 e. The highest BCUT2D eigenvalue weighted by molar-refractivity contribution is 5.97. The lowest BCUT2D eigenvalue weighted by atomic mass is 10.0. The van der Waals surface area contributed by atoms with Crippen molar-refractivity contribution in [3.63, 3.8) is 0 Å². The molecular weight excluding hydrogens is 234 g/mol. The van der Waals surface area contributed by atoms with E-state index in [9.17, 15) is 14.7 Å². The first kappa shape index (κ1) is 12.4.